The molecule has 0 aromatic heterocycles. The minimum atomic E-state index is -0.0615. The van der Waals surface area contributed by atoms with Gasteiger partial charge >= 0.3 is 0 Å². The van der Waals surface area contributed by atoms with Gasteiger partial charge in [0, 0.05) is 24.8 Å². The molecule has 1 fully saturated rings. The van der Waals surface area contributed by atoms with Gasteiger partial charge in [-0.25, -0.2) is 0 Å². The molecule has 2 rings (SSSR count). The molecule has 0 aliphatic carbocycles. The lowest BCUT2D eigenvalue weighted by Crippen LogP contribution is -2.44. The van der Waals surface area contributed by atoms with Crippen molar-refractivity contribution in [3.8, 4) is 0 Å². The van der Waals surface area contributed by atoms with Crippen LogP contribution in [0.2, 0.25) is 0 Å². The highest BCUT2D eigenvalue weighted by Crippen LogP contribution is 2.21. The molecule has 2 N–H and O–H groups in total. The lowest BCUT2D eigenvalue weighted by Gasteiger charge is -2.33. The van der Waals surface area contributed by atoms with Gasteiger partial charge in [-0.3, -0.25) is 0 Å². The van der Waals surface area contributed by atoms with Crippen LogP contribution in [0, 0.1) is 0 Å². The van der Waals surface area contributed by atoms with E-state index in [9.17, 15) is 5.11 Å². The average molecular weight is 278 g/mol. The molecule has 0 saturated carbocycles. The Bertz CT molecular complexity index is 394. The highest BCUT2D eigenvalue weighted by Gasteiger charge is 2.19. The van der Waals surface area contributed by atoms with Crippen LogP contribution in [-0.2, 0) is 4.74 Å². The molecule has 2 atom stereocenters. The first-order valence-electron chi connectivity index (χ1n) is 7.55. The Morgan fingerprint density at radius 3 is 2.80 bits per heavy atom. The maximum atomic E-state index is 9.20. The third-order valence-corrected chi connectivity index (χ3v) is 3.80. The van der Waals surface area contributed by atoms with Crippen LogP contribution in [0.25, 0.3) is 0 Å². The van der Waals surface area contributed by atoms with E-state index in [0.717, 1.165) is 26.1 Å². The minimum Gasteiger partial charge on any atom is -0.394 e. The Hall–Kier alpha value is -1.10. The molecule has 4 nitrogen and oxygen atoms in total. The molecule has 1 aliphatic rings. The molecule has 20 heavy (non-hydrogen) atoms. The van der Waals surface area contributed by atoms with Crippen LogP contribution in [-0.4, -0.2) is 44.1 Å². The highest BCUT2D eigenvalue weighted by atomic mass is 16.5. The lowest BCUT2D eigenvalue weighted by molar-refractivity contribution is 0.00357. The van der Waals surface area contributed by atoms with Crippen molar-refractivity contribution in [2.75, 3.05) is 37.7 Å². The molecule has 4 heteroatoms. The van der Waals surface area contributed by atoms with Crippen molar-refractivity contribution in [3.63, 3.8) is 0 Å². The van der Waals surface area contributed by atoms with Crippen molar-refractivity contribution in [2.45, 2.75) is 32.4 Å². The molecule has 2 unspecified atom stereocenters. The Morgan fingerprint density at radius 1 is 1.40 bits per heavy atom. The zero-order chi connectivity index (χ0) is 14.4. The second kappa shape index (κ2) is 7.62. The van der Waals surface area contributed by atoms with Gasteiger partial charge in [0.05, 0.1) is 19.3 Å². The number of hydrogen-bond acceptors (Lipinski definition) is 4. The van der Waals surface area contributed by atoms with Gasteiger partial charge in [0.25, 0.3) is 0 Å². The number of anilines is 1. The largest absolute Gasteiger partial charge is 0.394 e. The van der Waals surface area contributed by atoms with Gasteiger partial charge in [-0.1, -0.05) is 19.1 Å². The van der Waals surface area contributed by atoms with Crippen molar-refractivity contribution in [3.05, 3.63) is 29.8 Å². The van der Waals surface area contributed by atoms with E-state index in [1.807, 2.05) is 0 Å². The normalized spacial score (nSPS) is 20.9. The molecular weight excluding hydrogens is 252 g/mol. The summed E-state index contributed by atoms with van der Waals surface area (Å²) < 4.78 is 5.48. The smallest absolute Gasteiger partial charge is 0.0980 e. The fourth-order valence-corrected chi connectivity index (χ4v) is 2.52. The first-order chi connectivity index (χ1) is 9.74. The van der Waals surface area contributed by atoms with E-state index in [4.69, 9.17) is 4.74 Å². The predicted molar refractivity (Wildman–Crippen MR) is 82.2 cm³/mol. The van der Waals surface area contributed by atoms with Crippen LogP contribution in [0.1, 0.15) is 31.9 Å². The second-order valence-corrected chi connectivity index (χ2v) is 5.39. The number of benzene rings is 1. The Balaban J connectivity index is 1.97. The molecule has 1 aromatic carbocycles. The Kier molecular flexibility index (Phi) is 5.83. The van der Waals surface area contributed by atoms with E-state index < -0.39 is 0 Å². The molecular formula is C16H26N2O2. The van der Waals surface area contributed by atoms with Gasteiger partial charge in [-0.05, 0) is 37.6 Å². The molecule has 1 saturated heterocycles. The fraction of sp³-hybridized carbons (Fsp3) is 0.625. The van der Waals surface area contributed by atoms with Crippen molar-refractivity contribution in [1.82, 2.24) is 5.32 Å². The standard InChI is InChI=1S/C16H26N2O2/c1-3-8-17-13(2)14-4-6-15(7-5-14)18-9-10-20-16(11-18)12-19/h4-7,13,16-17,19H,3,8-12H2,1-2H3. The zero-order valence-electron chi connectivity index (χ0n) is 12.5. The van der Waals surface area contributed by atoms with Crippen LogP contribution >= 0.6 is 0 Å². The molecule has 0 amide bonds. The van der Waals surface area contributed by atoms with E-state index in [1.54, 1.807) is 0 Å². The molecule has 1 heterocycles. The molecule has 0 bridgehead atoms. The van der Waals surface area contributed by atoms with Gasteiger partial charge in [0.15, 0.2) is 0 Å². The van der Waals surface area contributed by atoms with Gasteiger partial charge in [0.2, 0.25) is 0 Å². The van der Waals surface area contributed by atoms with Crippen LogP contribution in [0.5, 0.6) is 0 Å². The summed E-state index contributed by atoms with van der Waals surface area (Å²) >= 11 is 0. The predicted octanol–water partition coefficient (Wildman–Crippen LogP) is 1.94. The number of nitrogens with one attached hydrogen (secondary N) is 1. The SMILES string of the molecule is CCCNC(C)c1ccc(N2CCOC(CO)C2)cc1. The third-order valence-electron chi connectivity index (χ3n) is 3.80. The summed E-state index contributed by atoms with van der Waals surface area (Å²) in [7, 11) is 0. The summed E-state index contributed by atoms with van der Waals surface area (Å²) in [6, 6.07) is 9.09. The number of nitrogens with zero attached hydrogens (tertiary/aromatic N) is 1. The topological polar surface area (TPSA) is 44.7 Å². The molecule has 0 spiro atoms. The quantitative estimate of drug-likeness (QED) is 0.835. The monoisotopic (exact) mass is 278 g/mol. The Labute approximate surface area is 121 Å². The summed E-state index contributed by atoms with van der Waals surface area (Å²) in [6.45, 7) is 7.84. The van der Waals surface area contributed by atoms with Crippen LogP contribution < -0.4 is 10.2 Å². The van der Waals surface area contributed by atoms with Crippen molar-refractivity contribution < 1.29 is 9.84 Å². The summed E-state index contributed by atoms with van der Waals surface area (Å²) in [4.78, 5) is 2.28. The summed E-state index contributed by atoms with van der Waals surface area (Å²) in [5.74, 6) is 0. The number of ether oxygens (including phenoxy) is 1. The number of morpholine rings is 1. The first kappa shape index (κ1) is 15.3. The summed E-state index contributed by atoms with van der Waals surface area (Å²) in [5, 5.41) is 12.7. The van der Waals surface area contributed by atoms with Crippen molar-refractivity contribution in [1.29, 1.82) is 0 Å². The highest BCUT2D eigenvalue weighted by molar-refractivity contribution is 5.48. The van der Waals surface area contributed by atoms with Gasteiger partial charge < -0.3 is 20.1 Å². The minimum absolute atomic E-state index is 0.0615. The van der Waals surface area contributed by atoms with Crippen LogP contribution in [0.4, 0.5) is 5.69 Å². The van der Waals surface area contributed by atoms with E-state index in [-0.39, 0.29) is 12.7 Å². The Morgan fingerprint density at radius 2 is 2.15 bits per heavy atom. The average Bonchev–Trinajstić information content (AvgIpc) is 2.52. The van der Waals surface area contributed by atoms with Crippen LogP contribution in [0.3, 0.4) is 0 Å². The van der Waals surface area contributed by atoms with Crippen LogP contribution in [0.15, 0.2) is 24.3 Å². The zero-order valence-corrected chi connectivity index (χ0v) is 12.5. The number of aliphatic hydroxyl groups excluding tert-OH is 1. The van der Waals surface area contributed by atoms with Gasteiger partial charge in [-0.2, -0.15) is 0 Å². The first-order valence-corrected chi connectivity index (χ1v) is 7.55. The number of hydrogen-bond donors (Lipinski definition) is 2. The van der Waals surface area contributed by atoms with Gasteiger partial charge in [-0.15, -0.1) is 0 Å². The summed E-state index contributed by atoms with van der Waals surface area (Å²) in [6.07, 6.45) is 1.09. The van der Waals surface area contributed by atoms with Crippen molar-refractivity contribution in [2.24, 2.45) is 0 Å². The van der Waals surface area contributed by atoms with E-state index in [1.165, 1.54) is 11.3 Å². The lowest BCUT2D eigenvalue weighted by atomic mass is 10.1. The summed E-state index contributed by atoms with van der Waals surface area (Å²) in [5.41, 5.74) is 2.52. The van der Waals surface area contributed by atoms with E-state index in [2.05, 4.69) is 48.3 Å². The van der Waals surface area contributed by atoms with E-state index >= 15 is 0 Å². The third kappa shape index (κ3) is 3.95. The number of aliphatic hydroxyl groups is 1. The molecule has 1 aliphatic heterocycles. The molecule has 1 aromatic rings. The second-order valence-electron chi connectivity index (χ2n) is 5.39. The van der Waals surface area contributed by atoms with Gasteiger partial charge in [0.1, 0.15) is 0 Å². The molecule has 112 valence electrons. The molecule has 0 radical (unpaired) electrons. The van der Waals surface area contributed by atoms with E-state index in [0.29, 0.717) is 12.6 Å². The maximum Gasteiger partial charge on any atom is 0.0980 e. The van der Waals surface area contributed by atoms with Crippen molar-refractivity contribution >= 4 is 5.69 Å². The maximum absolute atomic E-state index is 9.20. The number of rotatable bonds is 6. The fourth-order valence-electron chi connectivity index (χ4n) is 2.52.